The molecule has 32 heavy (non-hydrogen) atoms. The molecular formula is C30H28O2. The number of ketones is 1. The van der Waals surface area contributed by atoms with Crippen molar-refractivity contribution in [3.8, 4) is 0 Å². The molecule has 0 aliphatic heterocycles. The van der Waals surface area contributed by atoms with E-state index >= 15 is 0 Å². The van der Waals surface area contributed by atoms with Crippen LogP contribution in [-0.2, 0) is 12.0 Å². The Bertz CT molecular complexity index is 1200. The van der Waals surface area contributed by atoms with E-state index in [0.29, 0.717) is 11.1 Å². The van der Waals surface area contributed by atoms with Gasteiger partial charge < -0.3 is 5.11 Å². The van der Waals surface area contributed by atoms with Crippen LogP contribution in [0.5, 0.6) is 0 Å². The lowest BCUT2D eigenvalue weighted by Crippen LogP contribution is -2.33. The Kier molecular flexibility index (Phi) is 6.34. The molecule has 0 aromatic heterocycles. The molecule has 0 bridgehead atoms. The van der Waals surface area contributed by atoms with Crippen LogP contribution in [-0.4, -0.2) is 10.9 Å². The molecule has 2 heteroatoms. The molecule has 0 saturated carbocycles. The molecule has 0 heterocycles. The molecule has 160 valence electrons. The number of carbonyl (C=O) groups excluding carboxylic acids is 1. The lowest BCUT2D eigenvalue weighted by Gasteiger charge is -2.36. The van der Waals surface area contributed by atoms with E-state index in [2.05, 4.69) is 19.1 Å². The van der Waals surface area contributed by atoms with E-state index in [1.54, 1.807) is 0 Å². The van der Waals surface area contributed by atoms with Crippen molar-refractivity contribution in [2.24, 2.45) is 0 Å². The highest BCUT2D eigenvalue weighted by atomic mass is 16.3. The van der Waals surface area contributed by atoms with E-state index in [0.717, 1.165) is 23.1 Å². The predicted molar refractivity (Wildman–Crippen MR) is 130 cm³/mol. The summed E-state index contributed by atoms with van der Waals surface area (Å²) in [6.07, 6.45) is 0.897. The summed E-state index contributed by atoms with van der Waals surface area (Å²) in [5, 5.41) is 12.3. The van der Waals surface area contributed by atoms with E-state index in [1.165, 1.54) is 5.56 Å². The maximum atomic E-state index is 13.0. The van der Waals surface area contributed by atoms with Gasteiger partial charge in [0.05, 0.1) is 0 Å². The van der Waals surface area contributed by atoms with Crippen LogP contribution in [0.4, 0.5) is 0 Å². The van der Waals surface area contributed by atoms with Gasteiger partial charge in [0, 0.05) is 17.0 Å². The zero-order valence-corrected chi connectivity index (χ0v) is 18.5. The van der Waals surface area contributed by atoms with Crippen molar-refractivity contribution in [2.45, 2.75) is 31.8 Å². The van der Waals surface area contributed by atoms with Crippen molar-refractivity contribution >= 4 is 5.78 Å². The van der Waals surface area contributed by atoms with Gasteiger partial charge in [-0.2, -0.15) is 0 Å². The Labute approximate surface area is 190 Å². The monoisotopic (exact) mass is 420 g/mol. The topological polar surface area (TPSA) is 37.3 Å². The maximum absolute atomic E-state index is 13.0. The highest BCUT2D eigenvalue weighted by molar-refractivity contribution is 6.09. The Morgan fingerprint density at radius 1 is 0.750 bits per heavy atom. The molecule has 0 aliphatic rings. The molecule has 0 saturated heterocycles. The smallest absolute Gasteiger partial charge is 0.193 e. The van der Waals surface area contributed by atoms with Crippen LogP contribution >= 0.6 is 0 Å². The molecule has 0 aliphatic carbocycles. The summed E-state index contributed by atoms with van der Waals surface area (Å²) in [6, 6.07) is 34.9. The Hall–Kier alpha value is -3.49. The van der Waals surface area contributed by atoms with Crippen molar-refractivity contribution in [3.05, 3.63) is 143 Å². The number of aliphatic hydroxyl groups is 1. The van der Waals surface area contributed by atoms with Crippen molar-refractivity contribution in [1.29, 1.82) is 0 Å². The molecule has 1 N–H and O–H groups in total. The molecule has 2 nitrogen and oxygen atoms in total. The predicted octanol–water partition coefficient (Wildman–Crippen LogP) is 6.52. The maximum Gasteiger partial charge on any atom is 0.193 e. The van der Waals surface area contributed by atoms with Crippen LogP contribution in [0.15, 0.2) is 109 Å². The number of aryl methyl sites for hydroxylation is 1. The van der Waals surface area contributed by atoms with Crippen LogP contribution in [0.3, 0.4) is 0 Å². The normalized spacial score (nSPS) is 13.8. The third-order valence-electron chi connectivity index (χ3n) is 6.30. The first-order valence-electron chi connectivity index (χ1n) is 11.1. The Morgan fingerprint density at radius 3 is 2.03 bits per heavy atom. The molecule has 0 spiro atoms. The zero-order chi connectivity index (χ0) is 22.6. The van der Waals surface area contributed by atoms with Gasteiger partial charge in [-0.25, -0.2) is 0 Å². The van der Waals surface area contributed by atoms with Gasteiger partial charge in [0.15, 0.2) is 5.78 Å². The van der Waals surface area contributed by atoms with E-state index in [1.807, 2.05) is 104 Å². The standard InChI is InChI=1S/C30H28O2/c1-3-23-12-10-19-28(20-23)30(32,27-17-8-5-9-18-27)22(2)25-15-11-16-26(21-25)29(31)24-13-6-4-7-14-24/h4-22,32H,3H2,1-2H3. The summed E-state index contributed by atoms with van der Waals surface area (Å²) < 4.78 is 0. The van der Waals surface area contributed by atoms with Crippen LogP contribution in [0.1, 0.15) is 57.9 Å². The Morgan fingerprint density at radius 2 is 1.34 bits per heavy atom. The SMILES string of the molecule is CCc1cccc(C(O)(c2ccccc2)C(C)c2cccc(C(=O)c3ccccc3)c2)c1. The third-order valence-corrected chi connectivity index (χ3v) is 6.30. The molecule has 2 atom stereocenters. The van der Waals surface area contributed by atoms with Crippen LogP contribution < -0.4 is 0 Å². The van der Waals surface area contributed by atoms with Crippen LogP contribution in [0, 0.1) is 0 Å². The molecule has 0 fully saturated rings. The van der Waals surface area contributed by atoms with Crippen LogP contribution in [0.25, 0.3) is 0 Å². The van der Waals surface area contributed by atoms with Crippen molar-refractivity contribution in [1.82, 2.24) is 0 Å². The molecule has 2 unspecified atom stereocenters. The molecule has 4 aromatic carbocycles. The first kappa shape index (κ1) is 21.7. The largest absolute Gasteiger partial charge is 0.380 e. The zero-order valence-electron chi connectivity index (χ0n) is 18.5. The average Bonchev–Trinajstić information content (AvgIpc) is 2.88. The van der Waals surface area contributed by atoms with Gasteiger partial charge >= 0.3 is 0 Å². The summed E-state index contributed by atoms with van der Waals surface area (Å²) in [6.45, 7) is 4.14. The second-order valence-electron chi connectivity index (χ2n) is 8.23. The van der Waals surface area contributed by atoms with Gasteiger partial charge in [-0.05, 0) is 34.7 Å². The fourth-order valence-corrected chi connectivity index (χ4v) is 4.33. The summed E-state index contributed by atoms with van der Waals surface area (Å²) in [4.78, 5) is 13.0. The van der Waals surface area contributed by atoms with Gasteiger partial charge in [-0.1, -0.05) is 117 Å². The first-order valence-corrected chi connectivity index (χ1v) is 11.1. The van der Waals surface area contributed by atoms with Gasteiger partial charge in [0.25, 0.3) is 0 Å². The highest BCUT2D eigenvalue weighted by Crippen LogP contribution is 2.42. The molecule has 4 aromatic rings. The van der Waals surface area contributed by atoms with Gasteiger partial charge in [0.1, 0.15) is 5.60 Å². The number of carbonyl (C=O) groups is 1. The third kappa shape index (κ3) is 4.15. The summed E-state index contributed by atoms with van der Waals surface area (Å²) in [7, 11) is 0. The quantitative estimate of drug-likeness (QED) is 0.346. The minimum Gasteiger partial charge on any atom is -0.380 e. The summed E-state index contributed by atoms with van der Waals surface area (Å²) in [5.41, 5.74) is 3.83. The molecular weight excluding hydrogens is 392 g/mol. The van der Waals surface area contributed by atoms with Gasteiger partial charge in [-0.3, -0.25) is 4.79 Å². The number of hydrogen-bond donors (Lipinski definition) is 1. The van der Waals surface area contributed by atoms with E-state index in [9.17, 15) is 9.90 Å². The molecule has 0 amide bonds. The lowest BCUT2D eigenvalue weighted by molar-refractivity contribution is 0.0553. The fourth-order valence-electron chi connectivity index (χ4n) is 4.33. The second-order valence-corrected chi connectivity index (χ2v) is 8.23. The van der Waals surface area contributed by atoms with Gasteiger partial charge in [-0.15, -0.1) is 0 Å². The average molecular weight is 421 g/mol. The van der Waals surface area contributed by atoms with Crippen molar-refractivity contribution in [2.75, 3.05) is 0 Å². The van der Waals surface area contributed by atoms with E-state index in [-0.39, 0.29) is 11.7 Å². The Balaban J connectivity index is 1.80. The first-order chi connectivity index (χ1) is 15.5. The minimum atomic E-state index is -1.24. The van der Waals surface area contributed by atoms with E-state index < -0.39 is 5.60 Å². The molecule has 0 radical (unpaired) electrons. The van der Waals surface area contributed by atoms with Crippen molar-refractivity contribution in [3.63, 3.8) is 0 Å². The van der Waals surface area contributed by atoms with Crippen molar-refractivity contribution < 1.29 is 9.90 Å². The van der Waals surface area contributed by atoms with Gasteiger partial charge in [0.2, 0.25) is 0 Å². The number of benzene rings is 4. The number of rotatable bonds is 7. The highest BCUT2D eigenvalue weighted by Gasteiger charge is 2.38. The summed E-state index contributed by atoms with van der Waals surface area (Å²) in [5.74, 6) is -0.295. The minimum absolute atomic E-state index is 0.0177. The second kappa shape index (κ2) is 9.33. The summed E-state index contributed by atoms with van der Waals surface area (Å²) >= 11 is 0. The fraction of sp³-hybridized carbons (Fsp3) is 0.167. The van der Waals surface area contributed by atoms with Crippen LogP contribution in [0.2, 0.25) is 0 Å². The number of hydrogen-bond acceptors (Lipinski definition) is 2. The van der Waals surface area contributed by atoms with E-state index in [4.69, 9.17) is 0 Å². The molecule has 4 rings (SSSR count). The lowest BCUT2D eigenvalue weighted by atomic mass is 9.73.